The first-order chi connectivity index (χ1) is 12.8. The summed E-state index contributed by atoms with van der Waals surface area (Å²) < 4.78 is 6.52. The van der Waals surface area contributed by atoms with Crippen molar-refractivity contribution in [3.63, 3.8) is 0 Å². The molecule has 0 aliphatic heterocycles. The van der Waals surface area contributed by atoms with Crippen LogP contribution in [0.1, 0.15) is 102 Å². The molecule has 4 N–H and O–H groups in total. The lowest BCUT2D eigenvalue weighted by molar-refractivity contribution is -0.253. The predicted octanol–water partition coefficient (Wildman–Crippen LogP) is 5.12. The van der Waals surface area contributed by atoms with Crippen molar-refractivity contribution < 1.29 is 9.57 Å². The molecule has 0 aliphatic carbocycles. The minimum Gasteiger partial charge on any atom is -0.370 e. The summed E-state index contributed by atoms with van der Waals surface area (Å²) in [4.78, 5) is 6.36. The van der Waals surface area contributed by atoms with Crippen molar-refractivity contribution in [1.82, 2.24) is 5.06 Å². The van der Waals surface area contributed by atoms with Gasteiger partial charge in [0.25, 0.3) is 0 Å². The summed E-state index contributed by atoms with van der Waals surface area (Å²) in [5.74, 6) is 0.948. The number of hydrogen-bond donors (Lipinski definition) is 2. The highest BCUT2D eigenvalue weighted by Gasteiger charge is 2.34. The zero-order valence-corrected chi connectivity index (χ0v) is 21.7. The number of rotatable bonds is 14. The molecule has 0 spiro atoms. The topological polar surface area (TPSA) is 73.7 Å². The fourth-order valence-electron chi connectivity index (χ4n) is 4.92. The normalized spacial score (nSPS) is 17.5. The van der Waals surface area contributed by atoms with E-state index >= 15 is 0 Å². The molecular formula is C24H53N3O2. The van der Waals surface area contributed by atoms with Crippen molar-refractivity contribution in [2.24, 2.45) is 23.3 Å². The Balaban J connectivity index is 4.79. The van der Waals surface area contributed by atoms with Crippen LogP contribution in [0.3, 0.4) is 0 Å². The van der Waals surface area contributed by atoms with Gasteiger partial charge in [0.15, 0.2) is 0 Å². The summed E-state index contributed by atoms with van der Waals surface area (Å²) in [6.07, 6.45) is 3.78. The second kappa shape index (κ2) is 10.9. The SMILES string of the molecule is CC(CC(C)(C)N)CC(C)(C)ON(C)C(C)CC(C)(C)OC(C)(C)CC(C)CN. The first kappa shape index (κ1) is 28.8. The zero-order valence-electron chi connectivity index (χ0n) is 21.7. The van der Waals surface area contributed by atoms with Crippen LogP contribution in [0.4, 0.5) is 0 Å². The lowest BCUT2D eigenvalue weighted by Crippen LogP contribution is -2.46. The molecule has 5 nitrogen and oxygen atoms in total. The Morgan fingerprint density at radius 1 is 0.724 bits per heavy atom. The lowest BCUT2D eigenvalue weighted by atomic mass is 9.85. The molecule has 0 rings (SSSR count). The largest absolute Gasteiger partial charge is 0.370 e. The van der Waals surface area contributed by atoms with E-state index in [2.05, 4.69) is 76.2 Å². The van der Waals surface area contributed by atoms with E-state index in [0.29, 0.717) is 18.4 Å². The Kier molecular flexibility index (Phi) is 10.8. The molecule has 0 amide bonds. The highest BCUT2D eigenvalue weighted by Crippen LogP contribution is 2.31. The molecule has 0 fully saturated rings. The van der Waals surface area contributed by atoms with E-state index in [9.17, 15) is 0 Å². The summed E-state index contributed by atoms with van der Waals surface area (Å²) >= 11 is 0. The standard InChI is InChI=1S/C24H53N3O2/c1-18(13-21(4,5)26)14-24(10,11)29-27(12)20(3)16-23(8,9)28-22(6,7)15-19(2)17-25/h18-20H,13-17,25-26H2,1-12H3. The van der Waals surface area contributed by atoms with Gasteiger partial charge in [-0.25, -0.2) is 0 Å². The molecule has 176 valence electrons. The molecule has 0 saturated carbocycles. The van der Waals surface area contributed by atoms with Gasteiger partial charge in [-0.1, -0.05) is 13.8 Å². The molecule has 0 bridgehead atoms. The fraction of sp³-hybridized carbons (Fsp3) is 1.00. The number of hydrogen-bond acceptors (Lipinski definition) is 5. The number of hydroxylamine groups is 2. The molecule has 5 heteroatoms. The monoisotopic (exact) mass is 415 g/mol. The van der Waals surface area contributed by atoms with Gasteiger partial charge in [0.1, 0.15) is 0 Å². The van der Waals surface area contributed by atoms with Crippen molar-refractivity contribution in [3.8, 4) is 0 Å². The summed E-state index contributed by atoms with van der Waals surface area (Å²) in [6.45, 7) is 24.5. The van der Waals surface area contributed by atoms with Crippen molar-refractivity contribution in [2.45, 2.75) is 130 Å². The molecule has 0 radical (unpaired) electrons. The fourth-order valence-corrected chi connectivity index (χ4v) is 4.92. The smallest absolute Gasteiger partial charge is 0.0846 e. The van der Waals surface area contributed by atoms with Crippen molar-refractivity contribution in [2.75, 3.05) is 13.6 Å². The van der Waals surface area contributed by atoms with Gasteiger partial charge in [0, 0.05) is 18.6 Å². The van der Waals surface area contributed by atoms with Crippen LogP contribution in [0, 0.1) is 11.8 Å². The van der Waals surface area contributed by atoms with Gasteiger partial charge in [0.05, 0.1) is 16.8 Å². The van der Waals surface area contributed by atoms with Gasteiger partial charge in [0.2, 0.25) is 0 Å². The molecule has 0 saturated heterocycles. The third kappa shape index (κ3) is 13.7. The number of ether oxygens (including phenoxy) is 1. The molecule has 0 heterocycles. The Hall–Kier alpha value is -0.200. The third-order valence-electron chi connectivity index (χ3n) is 5.31. The lowest BCUT2D eigenvalue weighted by Gasteiger charge is -2.41. The Bertz CT molecular complexity index is 469. The average molecular weight is 416 g/mol. The second-order valence-electron chi connectivity index (χ2n) is 12.1. The van der Waals surface area contributed by atoms with Crippen molar-refractivity contribution in [3.05, 3.63) is 0 Å². The summed E-state index contributed by atoms with van der Waals surface area (Å²) in [6, 6.07) is 0.230. The van der Waals surface area contributed by atoms with Crippen molar-refractivity contribution in [1.29, 1.82) is 0 Å². The minimum atomic E-state index is -0.254. The molecular weight excluding hydrogens is 362 g/mol. The quantitative estimate of drug-likeness (QED) is 0.385. The molecule has 0 aliphatic rings. The van der Waals surface area contributed by atoms with Crippen LogP contribution in [0.25, 0.3) is 0 Å². The molecule has 0 aromatic heterocycles. The van der Waals surface area contributed by atoms with E-state index in [1.807, 2.05) is 12.1 Å². The van der Waals surface area contributed by atoms with Crippen LogP contribution in [0.2, 0.25) is 0 Å². The molecule has 0 aromatic carbocycles. The maximum absolute atomic E-state index is 6.52. The maximum Gasteiger partial charge on any atom is 0.0846 e. The summed E-state index contributed by atoms with van der Waals surface area (Å²) in [5.41, 5.74) is 11.1. The highest BCUT2D eigenvalue weighted by molar-refractivity contribution is 4.83. The number of nitrogens with zero attached hydrogens (tertiary/aromatic N) is 1. The third-order valence-corrected chi connectivity index (χ3v) is 5.31. The highest BCUT2D eigenvalue weighted by atomic mass is 16.7. The molecule has 0 aromatic rings. The van der Waals surface area contributed by atoms with Crippen LogP contribution in [0.5, 0.6) is 0 Å². The predicted molar refractivity (Wildman–Crippen MR) is 126 cm³/mol. The van der Waals surface area contributed by atoms with Gasteiger partial charge in [-0.2, -0.15) is 5.06 Å². The van der Waals surface area contributed by atoms with Crippen LogP contribution in [-0.4, -0.2) is 47.0 Å². The van der Waals surface area contributed by atoms with E-state index in [-0.39, 0.29) is 28.4 Å². The Morgan fingerprint density at radius 2 is 1.17 bits per heavy atom. The van der Waals surface area contributed by atoms with E-state index in [1.165, 1.54) is 0 Å². The Morgan fingerprint density at radius 3 is 1.62 bits per heavy atom. The summed E-state index contributed by atoms with van der Waals surface area (Å²) in [7, 11) is 2.03. The van der Waals surface area contributed by atoms with E-state index < -0.39 is 0 Å². The molecule has 3 unspecified atom stereocenters. The van der Waals surface area contributed by atoms with Gasteiger partial charge in [-0.15, -0.1) is 0 Å². The molecule has 3 atom stereocenters. The molecule has 29 heavy (non-hydrogen) atoms. The van der Waals surface area contributed by atoms with Crippen LogP contribution in [-0.2, 0) is 9.57 Å². The van der Waals surface area contributed by atoms with Gasteiger partial charge in [-0.3, -0.25) is 4.84 Å². The first-order valence-corrected chi connectivity index (χ1v) is 11.4. The first-order valence-electron chi connectivity index (χ1n) is 11.4. The summed E-state index contributed by atoms with van der Waals surface area (Å²) in [5, 5.41) is 2.00. The average Bonchev–Trinajstić information content (AvgIpc) is 2.40. The minimum absolute atomic E-state index is 0.149. The van der Waals surface area contributed by atoms with E-state index in [0.717, 1.165) is 25.7 Å². The second-order valence-corrected chi connectivity index (χ2v) is 12.1. The van der Waals surface area contributed by atoms with Crippen LogP contribution in [0.15, 0.2) is 0 Å². The van der Waals surface area contributed by atoms with Gasteiger partial charge in [-0.05, 0) is 106 Å². The van der Waals surface area contributed by atoms with Crippen LogP contribution >= 0.6 is 0 Å². The van der Waals surface area contributed by atoms with Crippen LogP contribution < -0.4 is 11.5 Å². The van der Waals surface area contributed by atoms with Crippen molar-refractivity contribution >= 4 is 0 Å². The number of nitrogens with two attached hydrogens (primary N) is 2. The Labute approximate surface area is 182 Å². The van der Waals surface area contributed by atoms with Gasteiger partial charge < -0.3 is 16.2 Å². The van der Waals surface area contributed by atoms with E-state index in [1.54, 1.807) is 0 Å². The van der Waals surface area contributed by atoms with Gasteiger partial charge >= 0.3 is 0 Å². The zero-order chi connectivity index (χ0) is 23.3. The van der Waals surface area contributed by atoms with E-state index in [4.69, 9.17) is 21.0 Å². The maximum atomic E-state index is 6.52.